The summed E-state index contributed by atoms with van der Waals surface area (Å²) in [6.45, 7) is 8.56. The van der Waals surface area contributed by atoms with E-state index in [2.05, 4.69) is 32.7 Å². The predicted molar refractivity (Wildman–Crippen MR) is 107 cm³/mol. The van der Waals surface area contributed by atoms with E-state index in [0.29, 0.717) is 5.56 Å². The summed E-state index contributed by atoms with van der Waals surface area (Å²) in [7, 11) is 1.94. The molecular weight excluding hydrogens is 339 g/mol. The number of nitrogens with zero attached hydrogens (tertiary/aromatic N) is 3. The minimum Gasteiger partial charge on any atom is -0.337 e. The molecule has 0 aliphatic heterocycles. The average Bonchev–Trinajstić information content (AvgIpc) is 3.14. The van der Waals surface area contributed by atoms with Crippen LogP contribution < -0.4 is 0 Å². The van der Waals surface area contributed by atoms with E-state index < -0.39 is 0 Å². The minimum absolute atomic E-state index is 0.0376. The first-order valence-corrected chi connectivity index (χ1v) is 9.05. The van der Waals surface area contributed by atoms with Crippen molar-refractivity contribution in [2.75, 3.05) is 0 Å². The van der Waals surface area contributed by atoms with Crippen LogP contribution in [-0.2, 0) is 12.5 Å². The van der Waals surface area contributed by atoms with E-state index >= 15 is 0 Å². The molecule has 4 rings (SSSR count). The van der Waals surface area contributed by atoms with Gasteiger partial charge in [-0.25, -0.2) is 9.37 Å². The summed E-state index contributed by atoms with van der Waals surface area (Å²) in [6, 6.07) is 12.6. The Balaban J connectivity index is 1.84. The van der Waals surface area contributed by atoms with Crippen molar-refractivity contribution in [3.8, 4) is 22.6 Å². The molecule has 2 heterocycles. The van der Waals surface area contributed by atoms with E-state index in [0.717, 1.165) is 39.4 Å². The largest absolute Gasteiger partial charge is 0.337 e. The third-order valence-electron chi connectivity index (χ3n) is 4.89. The smallest absolute Gasteiger partial charge is 0.157 e. The quantitative estimate of drug-likeness (QED) is 0.521. The zero-order valence-corrected chi connectivity index (χ0v) is 16.3. The van der Waals surface area contributed by atoms with Gasteiger partial charge in [0.1, 0.15) is 11.5 Å². The van der Waals surface area contributed by atoms with E-state index in [-0.39, 0.29) is 11.2 Å². The molecule has 0 radical (unpaired) electrons. The second kappa shape index (κ2) is 6.05. The van der Waals surface area contributed by atoms with Crippen molar-refractivity contribution in [2.45, 2.75) is 33.1 Å². The number of nitrogens with one attached hydrogen (secondary N) is 1. The number of halogens is 1. The van der Waals surface area contributed by atoms with E-state index in [4.69, 9.17) is 10.1 Å². The molecule has 0 saturated heterocycles. The molecule has 1 N–H and O–H groups in total. The Hall–Kier alpha value is -2.95. The zero-order valence-electron chi connectivity index (χ0n) is 16.3. The molecule has 0 fully saturated rings. The first-order valence-electron chi connectivity index (χ1n) is 9.05. The van der Waals surface area contributed by atoms with Crippen molar-refractivity contribution in [1.82, 2.24) is 19.7 Å². The van der Waals surface area contributed by atoms with Crippen LogP contribution in [0.4, 0.5) is 4.39 Å². The Morgan fingerprint density at radius 3 is 2.48 bits per heavy atom. The third-order valence-corrected chi connectivity index (χ3v) is 4.89. The van der Waals surface area contributed by atoms with Crippen LogP contribution in [0.5, 0.6) is 0 Å². The number of hydrogen-bond donors (Lipinski definition) is 1. The number of benzene rings is 2. The summed E-state index contributed by atoms with van der Waals surface area (Å²) in [4.78, 5) is 8.14. The molecule has 5 heteroatoms. The Bertz CT molecular complexity index is 1150. The van der Waals surface area contributed by atoms with E-state index in [9.17, 15) is 4.39 Å². The van der Waals surface area contributed by atoms with E-state index in [1.165, 1.54) is 6.07 Å². The topological polar surface area (TPSA) is 46.5 Å². The summed E-state index contributed by atoms with van der Waals surface area (Å²) in [6.07, 6.45) is 0. The fourth-order valence-corrected chi connectivity index (χ4v) is 3.66. The summed E-state index contributed by atoms with van der Waals surface area (Å²) >= 11 is 0. The standard InChI is InChI=1S/C22H23FN4/c1-13-19(27(5)26-20(13)22(2,3)4)21-24-17-11-10-14(12-18(17)25-21)15-8-6-7-9-16(15)23/h6-12H,1-5H3,(H,24,25). The van der Waals surface area contributed by atoms with Crippen LogP contribution in [0.3, 0.4) is 0 Å². The van der Waals surface area contributed by atoms with Crippen molar-refractivity contribution in [1.29, 1.82) is 0 Å². The summed E-state index contributed by atoms with van der Waals surface area (Å²) < 4.78 is 16.0. The predicted octanol–water partition coefficient (Wildman–Crippen LogP) is 5.38. The van der Waals surface area contributed by atoms with Crippen molar-refractivity contribution < 1.29 is 4.39 Å². The molecule has 27 heavy (non-hydrogen) atoms. The Kier molecular flexibility index (Phi) is 3.91. The van der Waals surface area contributed by atoms with Gasteiger partial charge in [-0.05, 0) is 30.7 Å². The van der Waals surface area contributed by atoms with Crippen LogP contribution >= 0.6 is 0 Å². The molecule has 0 aliphatic rings. The van der Waals surface area contributed by atoms with Crippen LogP contribution in [0.15, 0.2) is 42.5 Å². The van der Waals surface area contributed by atoms with Gasteiger partial charge in [-0.3, -0.25) is 4.68 Å². The molecule has 138 valence electrons. The monoisotopic (exact) mass is 362 g/mol. The average molecular weight is 362 g/mol. The van der Waals surface area contributed by atoms with Gasteiger partial charge in [0.05, 0.1) is 16.7 Å². The molecule has 0 bridgehead atoms. The van der Waals surface area contributed by atoms with Gasteiger partial charge < -0.3 is 4.98 Å². The van der Waals surface area contributed by atoms with Crippen LogP contribution in [0, 0.1) is 12.7 Å². The molecule has 0 atom stereocenters. The van der Waals surface area contributed by atoms with Crippen LogP contribution in [0.25, 0.3) is 33.7 Å². The van der Waals surface area contributed by atoms with Gasteiger partial charge >= 0.3 is 0 Å². The van der Waals surface area contributed by atoms with Crippen LogP contribution in [-0.4, -0.2) is 19.7 Å². The summed E-state index contributed by atoms with van der Waals surface area (Å²) in [5.74, 6) is 0.549. The highest BCUT2D eigenvalue weighted by molar-refractivity contribution is 5.84. The van der Waals surface area contributed by atoms with Gasteiger partial charge in [0.25, 0.3) is 0 Å². The Labute approximate surface area is 158 Å². The number of fused-ring (bicyclic) bond motifs is 1. The maximum Gasteiger partial charge on any atom is 0.157 e. The van der Waals surface area contributed by atoms with Crippen molar-refractivity contribution in [3.05, 3.63) is 59.5 Å². The number of rotatable bonds is 2. The molecular formula is C22H23FN4. The van der Waals surface area contributed by atoms with Crippen molar-refractivity contribution in [3.63, 3.8) is 0 Å². The molecule has 0 saturated carbocycles. The lowest BCUT2D eigenvalue weighted by atomic mass is 9.89. The van der Waals surface area contributed by atoms with E-state index in [1.807, 2.05) is 36.0 Å². The number of aromatic amines is 1. The highest BCUT2D eigenvalue weighted by Gasteiger charge is 2.25. The summed E-state index contributed by atoms with van der Waals surface area (Å²) in [5, 5.41) is 4.71. The fourth-order valence-electron chi connectivity index (χ4n) is 3.66. The van der Waals surface area contributed by atoms with Crippen molar-refractivity contribution in [2.24, 2.45) is 7.05 Å². The molecule has 4 aromatic rings. The van der Waals surface area contributed by atoms with Gasteiger partial charge in [0, 0.05) is 23.6 Å². The van der Waals surface area contributed by atoms with Gasteiger partial charge in [-0.2, -0.15) is 5.10 Å². The lowest BCUT2D eigenvalue weighted by Crippen LogP contribution is -2.13. The molecule has 0 aliphatic carbocycles. The second-order valence-corrected chi connectivity index (χ2v) is 7.99. The maximum atomic E-state index is 14.1. The number of aromatic nitrogens is 4. The van der Waals surface area contributed by atoms with Crippen molar-refractivity contribution >= 4 is 11.0 Å². The summed E-state index contributed by atoms with van der Waals surface area (Å²) in [5.41, 5.74) is 6.26. The number of H-pyrrole nitrogens is 1. The normalized spacial score (nSPS) is 12.1. The zero-order chi connectivity index (χ0) is 19.3. The molecule has 4 nitrogen and oxygen atoms in total. The van der Waals surface area contributed by atoms with E-state index in [1.54, 1.807) is 12.1 Å². The second-order valence-electron chi connectivity index (χ2n) is 7.99. The Morgan fingerprint density at radius 2 is 1.81 bits per heavy atom. The van der Waals surface area contributed by atoms with Gasteiger partial charge in [-0.15, -0.1) is 0 Å². The molecule has 2 aromatic carbocycles. The first-order chi connectivity index (χ1) is 12.8. The highest BCUT2D eigenvalue weighted by atomic mass is 19.1. The number of hydrogen-bond acceptors (Lipinski definition) is 2. The van der Waals surface area contributed by atoms with Crippen LogP contribution in [0.2, 0.25) is 0 Å². The van der Waals surface area contributed by atoms with Crippen LogP contribution in [0.1, 0.15) is 32.0 Å². The maximum absolute atomic E-state index is 14.1. The van der Waals surface area contributed by atoms with Gasteiger partial charge in [-0.1, -0.05) is 45.0 Å². The molecule has 0 spiro atoms. The highest BCUT2D eigenvalue weighted by Crippen LogP contribution is 2.32. The molecule has 2 aromatic heterocycles. The number of imidazole rings is 1. The lowest BCUT2D eigenvalue weighted by molar-refractivity contribution is 0.550. The third kappa shape index (κ3) is 2.93. The van der Waals surface area contributed by atoms with Gasteiger partial charge in [0.15, 0.2) is 5.82 Å². The molecule has 0 unspecified atom stereocenters. The first kappa shape index (κ1) is 17.5. The lowest BCUT2D eigenvalue weighted by Gasteiger charge is -2.16. The minimum atomic E-state index is -0.228. The number of aryl methyl sites for hydroxylation is 1. The molecule has 0 amide bonds. The van der Waals surface area contributed by atoms with Gasteiger partial charge in [0.2, 0.25) is 0 Å². The fraction of sp³-hybridized carbons (Fsp3) is 0.273. The SMILES string of the molecule is Cc1c(C(C)(C)C)nn(C)c1-c1nc2ccc(-c3ccccc3F)cc2[nH]1. The Morgan fingerprint density at radius 1 is 1.07 bits per heavy atom.